The van der Waals surface area contributed by atoms with Crippen molar-refractivity contribution < 1.29 is 8.42 Å². The van der Waals surface area contributed by atoms with Crippen molar-refractivity contribution in [3.63, 3.8) is 0 Å². The van der Waals surface area contributed by atoms with Gasteiger partial charge in [0, 0.05) is 5.02 Å². The van der Waals surface area contributed by atoms with Gasteiger partial charge in [0.05, 0.1) is 11.1 Å². The van der Waals surface area contributed by atoms with E-state index in [1.807, 2.05) is 6.92 Å². The second-order valence-corrected chi connectivity index (χ2v) is 6.23. The van der Waals surface area contributed by atoms with Crippen molar-refractivity contribution in [3.8, 4) is 12.3 Å². The Kier molecular flexibility index (Phi) is 5.48. The van der Waals surface area contributed by atoms with E-state index in [-0.39, 0.29) is 9.92 Å². The summed E-state index contributed by atoms with van der Waals surface area (Å²) in [4.78, 5) is -0.0620. The van der Waals surface area contributed by atoms with Gasteiger partial charge in [-0.25, -0.2) is 8.42 Å². The van der Waals surface area contributed by atoms with E-state index in [1.54, 1.807) is 0 Å². The minimum Gasteiger partial charge on any atom is -0.207 e. The van der Waals surface area contributed by atoms with E-state index < -0.39 is 16.1 Å². The van der Waals surface area contributed by atoms with Crippen LogP contribution in [0, 0.1) is 12.3 Å². The fourth-order valence-electron chi connectivity index (χ4n) is 1.40. The van der Waals surface area contributed by atoms with Crippen LogP contribution in [-0.2, 0) is 10.0 Å². The zero-order valence-electron chi connectivity index (χ0n) is 9.78. The van der Waals surface area contributed by atoms with Crippen molar-refractivity contribution in [2.24, 2.45) is 0 Å². The summed E-state index contributed by atoms with van der Waals surface area (Å²) in [6, 6.07) is 3.71. The number of halogens is 2. The fourth-order valence-corrected chi connectivity index (χ4v) is 3.35. The summed E-state index contributed by atoms with van der Waals surface area (Å²) in [5, 5.41) is 0.409. The molecule has 0 aromatic heterocycles. The molecule has 0 saturated carbocycles. The molecule has 0 radical (unpaired) electrons. The van der Waals surface area contributed by atoms with Crippen LogP contribution in [0.25, 0.3) is 0 Å². The maximum Gasteiger partial charge on any atom is 0.243 e. The number of sulfonamides is 1. The normalized spacial score (nSPS) is 13.0. The van der Waals surface area contributed by atoms with Crippen LogP contribution in [0.1, 0.15) is 19.8 Å². The summed E-state index contributed by atoms with van der Waals surface area (Å²) in [5.74, 6) is 2.40. The molecule has 98 valence electrons. The highest BCUT2D eigenvalue weighted by Crippen LogP contribution is 2.25. The number of hydrogen-bond donors (Lipinski definition) is 1. The highest BCUT2D eigenvalue weighted by Gasteiger charge is 2.21. The maximum atomic E-state index is 12.1. The summed E-state index contributed by atoms with van der Waals surface area (Å²) >= 11 is 11.6. The lowest BCUT2D eigenvalue weighted by atomic mass is 10.2. The lowest BCUT2D eigenvalue weighted by Crippen LogP contribution is -2.33. The van der Waals surface area contributed by atoms with Gasteiger partial charge in [-0.15, -0.1) is 6.42 Å². The van der Waals surface area contributed by atoms with E-state index in [9.17, 15) is 8.42 Å². The molecule has 0 fully saturated rings. The first-order chi connectivity index (χ1) is 8.40. The van der Waals surface area contributed by atoms with Gasteiger partial charge in [-0.3, -0.25) is 0 Å². The molecular formula is C12H13Cl2NO2S. The van der Waals surface area contributed by atoms with Gasteiger partial charge in [-0.2, -0.15) is 4.72 Å². The molecule has 0 aliphatic rings. The molecule has 0 bridgehead atoms. The third-order valence-electron chi connectivity index (χ3n) is 2.26. The fraction of sp³-hybridized carbons (Fsp3) is 0.333. The summed E-state index contributed by atoms with van der Waals surface area (Å²) in [7, 11) is -3.76. The molecule has 3 nitrogen and oxygen atoms in total. The van der Waals surface area contributed by atoms with Gasteiger partial charge in [0.1, 0.15) is 4.90 Å². The third kappa shape index (κ3) is 3.89. The number of benzene rings is 1. The molecule has 0 heterocycles. The van der Waals surface area contributed by atoms with Crippen LogP contribution in [0.3, 0.4) is 0 Å². The molecule has 6 heteroatoms. The Morgan fingerprint density at radius 2 is 2.11 bits per heavy atom. The molecule has 1 aromatic carbocycles. The smallest absolute Gasteiger partial charge is 0.207 e. The molecule has 0 amide bonds. The third-order valence-corrected chi connectivity index (χ3v) is 4.45. The van der Waals surface area contributed by atoms with Crippen molar-refractivity contribution in [1.29, 1.82) is 0 Å². The van der Waals surface area contributed by atoms with Crippen molar-refractivity contribution in [2.75, 3.05) is 0 Å². The van der Waals surface area contributed by atoms with Gasteiger partial charge in [0.15, 0.2) is 0 Å². The lowest BCUT2D eigenvalue weighted by Gasteiger charge is -2.13. The molecule has 1 N–H and O–H groups in total. The highest BCUT2D eigenvalue weighted by molar-refractivity contribution is 7.89. The molecule has 1 aromatic rings. The zero-order chi connectivity index (χ0) is 13.8. The zero-order valence-corrected chi connectivity index (χ0v) is 12.1. The van der Waals surface area contributed by atoms with Crippen LogP contribution < -0.4 is 4.72 Å². The van der Waals surface area contributed by atoms with Crippen molar-refractivity contribution in [3.05, 3.63) is 28.2 Å². The number of hydrogen-bond acceptors (Lipinski definition) is 2. The first-order valence-corrected chi connectivity index (χ1v) is 7.58. The Labute approximate surface area is 118 Å². The lowest BCUT2D eigenvalue weighted by molar-refractivity contribution is 0.564. The molecule has 0 saturated heterocycles. The molecule has 18 heavy (non-hydrogen) atoms. The molecule has 0 aliphatic heterocycles. The quantitative estimate of drug-likeness (QED) is 0.850. The number of terminal acetylenes is 1. The molecule has 1 unspecified atom stereocenters. The predicted octanol–water partition coefficient (Wildman–Crippen LogP) is 3.07. The van der Waals surface area contributed by atoms with Gasteiger partial charge < -0.3 is 0 Å². The van der Waals surface area contributed by atoms with E-state index >= 15 is 0 Å². The monoisotopic (exact) mass is 305 g/mol. The van der Waals surface area contributed by atoms with Crippen molar-refractivity contribution in [1.82, 2.24) is 4.72 Å². The minimum atomic E-state index is -3.76. The Morgan fingerprint density at radius 1 is 1.44 bits per heavy atom. The Bertz CT molecular complexity index is 564. The maximum absolute atomic E-state index is 12.1. The molecule has 1 atom stereocenters. The predicted molar refractivity (Wildman–Crippen MR) is 74.3 cm³/mol. The van der Waals surface area contributed by atoms with Crippen LogP contribution in [-0.4, -0.2) is 14.5 Å². The highest BCUT2D eigenvalue weighted by atomic mass is 35.5. The Hall–Kier alpha value is -0.730. The molecule has 0 aliphatic carbocycles. The van der Waals surface area contributed by atoms with E-state index in [2.05, 4.69) is 10.6 Å². The Balaban J connectivity index is 3.07. The largest absolute Gasteiger partial charge is 0.243 e. The Morgan fingerprint density at radius 3 is 2.67 bits per heavy atom. The van der Waals surface area contributed by atoms with Gasteiger partial charge in [-0.1, -0.05) is 42.5 Å². The van der Waals surface area contributed by atoms with Crippen molar-refractivity contribution in [2.45, 2.75) is 30.7 Å². The van der Waals surface area contributed by atoms with Crippen LogP contribution in [0.4, 0.5) is 0 Å². The van der Waals surface area contributed by atoms with Crippen LogP contribution in [0.5, 0.6) is 0 Å². The summed E-state index contributed by atoms with van der Waals surface area (Å²) in [6.45, 7) is 1.92. The van der Waals surface area contributed by atoms with Gasteiger partial charge >= 0.3 is 0 Å². The number of rotatable bonds is 5. The van der Waals surface area contributed by atoms with Crippen molar-refractivity contribution >= 4 is 33.2 Å². The second-order valence-electron chi connectivity index (χ2n) is 3.70. The summed E-state index contributed by atoms with van der Waals surface area (Å²) in [6.07, 6.45) is 6.62. The van der Waals surface area contributed by atoms with E-state index in [0.29, 0.717) is 11.4 Å². The SMILES string of the molecule is C#CC(CCC)NS(=O)(=O)c1cc(Cl)ccc1Cl. The van der Waals surface area contributed by atoms with E-state index in [4.69, 9.17) is 29.6 Å². The topological polar surface area (TPSA) is 46.2 Å². The van der Waals surface area contributed by atoms with Crippen LogP contribution in [0.2, 0.25) is 10.0 Å². The van der Waals surface area contributed by atoms with Gasteiger partial charge in [0.25, 0.3) is 0 Å². The molecule has 1 rings (SSSR count). The van der Waals surface area contributed by atoms with Gasteiger partial charge in [-0.05, 0) is 24.6 Å². The van der Waals surface area contributed by atoms with E-state index in [0.717, 1.165) is 6.42 Å². The second kappa shape index (κ2) is 6.44. The summed E-state index contributed by atoms with van der Waals surface area (Å²) < 4.78 is 26.6. The standard InChI is InChI=1S/C12H13Cl2NO2S/c1-3-5-10(4-2)15-18(16,17)12-8-9(13)6-7-11(12)14/h2,6-8,10,15H,3,5H2,1H3. The minimum absolute atomic E-state index is 0.0620. The van der Waals surface area contributed by atoms with E-state index in [1.165, 1.54) is 18.2 Å². The average molecular weight is 306 g/mol. The average Bonchev–Trinajstić information content (AvgIpc) is 2.31. The summed E-state index contributed by atoms with van der Waals surface area (Å²) in [5.41, 5.74) is 0. The van der Waals surface area contributed by atoms with Crippen LogP contribution >= 0.6 is 23.2 Å². The number of nitrogens with one attached hydrogen (secondary N) is 1. The first-order valence-electron chi connectivity index (χ1n) is 5.34. The van der Waals surface area contributed by atoms with Crippen LogP contribution in [0.15, 0.2) is 23.1 Å². The molecule has 0 spiro atoms. The molecular weight excluding hydrogens is 293 g/mol. The first kappa shape index (κ1) is 15.3. The van der Waals surface area contributed by atoms with Gasteiger partial charge in [0.2, 0.25) is 10.0 Å².